The lowest BCUT2D eigenvalue weighted by Crippen LogP contribution is -2.51. The lowest BCUT2D eigenvalue weighted by atomic mass is 9.93. The molecule has 0 aromatic heterocycles. The molecule has 0 saturated heterocycles. The molecule has 0 unspecified atom stereocenters. The van der Waals surface area contributed by atoms with Gasteiger partial charge in [-0.2, -0.15) is 0 Å². The van der Waals surface area contributed by atoms with Crippen LogP contribution in [-0.4, -0.2) is 37.0 Å². The van der Waals surface area contributed by atoms with Crippen LogP contribution in [-0.2, 0) is 4.79 Å². The zero-order valence-corrected chi connectivity index (χ0v) is 11.5. The van der Waals surface area contributed by atoms with E-state index in [9.17, 15) is 4.79 Å². The van der Waals surface area contributed by atoms with Gasteiger partial charge < -0.3 is 16.0 Å². The van der Waals surface area contributed by atoms with Crippen molar-refractivity contribution in [3.8, 4) is 0 Å². The van der Waals surface area contributed by atoms with Gasteiger partial charge in [0.15, 0.2) is 5.96 Å². The maximum Gasteiger partial charge on any atom is 0.239 e. The topological polar surface area (TPSA) is 65.5 Å². The quantitative estimate of drug-likeness (QED) is 0.657. The standard InChI is InChI=1S/C12H24N4O/c1-11(2,3)16-9(17)6-13-10-14-7-12(4,5)8-15-10/h6-8H2,1-5H3,(H,16,17)(H2,13,14,15). The molecular formula is C12H24N4O. The van der Waals surface area contributed by atoms with Gasteiger partial charge in [-0.05, 0) is 20.8 Å². The van der Waals surface area contributed by atoms with Crippen molar-refractivity contribution >= 4 is 11.9 Å². The van der Waals surface area contributed by atoms with Crippen molar-refractivity contribution in [2.24, 2.45) is 10.4 Å². The predicted octanol–water partition coefficient (Wildman–Crippen LogP) is 0.476. The maximum atomic E-state index is 11.6. The molecule has 1 aliphatic heterocycles. The fraction of sp³-hybridized carbons (Fsp3) is 0.833. The molecule has 98 valence electrons. The van der Waals surface area contributed by atoms with Crippen LogP contribution >= 0.6 is 0 Å². The molecule has 0 aromatic carbocycles. The highest BCUT2D eigenvalue weighted by atomic mass is 16.2. The highest BCUT2D eigenvalue weighted by molar-refractivity contribution is 5.87. The van der Waals surface area contributed by atoms with Crippen molar-refractivity contribution in [3.05, 3.63) is 0 Å². The minimum absolute atomic E-state index is 0.0215. The van der Waals surface area contributed by atoms with Gasteiger partial charge in [0.25, 0.3) is 0 Å². The predicted molar refractivity (Wildman–Crippen MR) is 70.0 cm³/mol. The van der Waals surface area contributed by atoms with Gasteiger partial charge in [-0.15, -0.1) is 0 Å². The van der Waals surface area contributed by atoms with Gasteiger partial charge in [-0.3, -0.25) is 9.79 Å². The van der Waals surface area contributed by atoms with E-state index >= 15 is 0 Å². The minimum Gasteiger partial charge on any atom is -0.356 e. The van der Waals surface area contributed by atoms with Gasteiger partial charge in [0, 0.05) is 24.0 Å². The van der Waals surface area contributed by atoms with Gasteiger partial charge in [-0.1, -0.05) is 13.8 Å². The van der Waals surface area contributed by atoms with Gasteiger partial charge in [0.1, 0.15) is 0 Å². The summed E-state index contributed by atoms with van der Waals surface area (Å²) in [6.07, 6.45) is 0. The number of nitrogens with zero attached hydrogens (tertiary/aromatic N) is 1. The van der Waals surface area contributed by atoms with Crippen LogP contribution in [0.1, 0.15) is 34.6 Å². The summed E-state index contributed by atoms with van der Waals surface area (Å²) in [5, 5.41) is 9.09. The third kappa shape index (κ3) is 5.56. The van der Waals surface area contributed by atoms with Crippen molar-refractivity contribution < 1.29 is 4.79 Å². The molecule has 0 aliphatic carbocycles. The van der Waals surface area contributed by atoms with Crippen LogP contribution < -0.4 is 16.0 Å². The van der Waals surface area contributed by atoms with E-state index in [4.69, 9.17) is 0 Å². The van der Waals surface area contributed by atoms with Gasteiger partial charge in [0.05, 0.1) is 6.54 Å². The van der Waals surface area contributed by atoms with Crippen LogP contribution in [0, 0.1) is 5.41 Å². The molecule has 5 nitrogen and oxygen atoms in total. The molecule has 0 radical (unpaired) electrons. The molecule has 0 saturated carbocycles. The normalized spacial score (nSPS) is 19.0. The molecule has 0 bridgehead atoms. The molecule has 1 amide bonds. The highest BCUT2D eigenvalue weighted by Crippen LogP contribution is 2.15. The molecule has 1 aliphatic rings. The SMILES string of the molecule is CC1(C)CN=C(NCC(=O)NC(C)(C)C)NC1. The van der Waals surface area contributed by atoms with Crippen molar-refractivity contribution in [2.75, 3.05) is 19.6 Å². The fourth-order valence-corrected chi connectivity index (χ4v) is 1.47. The number of hydrogen-bond acceptors (Lipinski definition) is 4. The Balaban J connectivity index is 2.33. The Hall–Kier alpha value is -1.26. The van der Waals surface area contributed by atoms with Crippen molar-refractivity contribution in [3.63, 3.8) is 0 Å². The second kappa shape index (κ2) is 4.94. The van der Waals surface area contributed by atoms with E-state index in [1.807, 2.05) is 20.8 Å². The average molecular weight is 240 g/mol. The first-order valence-electron chi connectivity index (χ1n) is 6.01. The van der Waals surface area contributed by atoms with Gasteiger partial charge in [0.2, 0.25) is 5.91 Å². The maximum absolute atomic E-state index is 11.6. The number of rotatable bonds is 2. The highest BCUT2D eigenvalue weighted by Gasteiger charge is 2.22. The summed E-state index contributed by atoms with van der Waals surface area (Å²) < 4.78 is 0. The van der Waals surface area contributed by atoms with Crippen molar-refractivity contribution in [1.82, 2.24) is 16.0 Å². The number of guanidine groups is 1. The number of hydrogen-bond donors (Lipinski definition) is 3. The van der Waals surface area contributed by atoms with Crippen molar-refractivity contribution in [1.29, 1.82) is 0 Å². The second-order valence-corrected chi connectivity index (χ2v) is 6.33. The molecule has 0 fully saturated rings. The number of aliphatic imine (C=N–C) groups is 1. The third-order valence-electron chi connectivity index (χ3n) is 2.33. The molecule has 1 heterocycles. The summed E-state index contributed by atoms with van der Waals surface area (Å²) >= 11 is 0. The van der Waals surface area contributed by atoms with E-state index in [-0.39, 0.29) is 23.4 Å². The largest absolute Gasteiger partial charge is 0.356 e. The molecular weight excluding hydrogens is 216 g/mol. The molecule has 17 heavy (non-hydrogen) atoms. The number of amides is 1. The molecule has 1 rings (SSSR count). The summed E-state index contributed by atoms with van der Waals surface area (Å²) in [5.41, 5.74) is 0.00139. The average Bonchev–Trinajstić information content (AvgIpc) is 2.13. The Bertz CT molecular complexity index is 315. The Morgan fingerprint density at radius 3 is 2.59 bits per heavy atom. The number of nitrogens with one attached hydrogen (secondary N) is 3. The van der Waals surface area contributed by atoms with E-state index < -0.39 is 0 Å². The van der Waals surface area contributed by atoms with E-state index in [1.54, 1.807) is 0 Å². The first-order valence-corrected chi connectivity index (χ1v) is 6.01. The number of carbonyl (C=O) groups excluding carboxylic acids is 1. The van der Waals surface area contributed by atoms with Crippen LogP contribution in [0.3, 0.4) is 0 Å². The fourth-order valence-electron chi connectivity index (χ4n) is 1.47. The Morgan fingerprint density at radius 2 is 2.12 bits per heavy atom. The summed E-state index contributed by atoms with van der Waals surface area (Å²) in [6, 6.07) is 0. The molecule has 0 spiro atoms. The van der Waals surface area contributed by atoms with E-state index in [0.717, 1.165) is 13.1 Å². The molecule has 0 aromatic rings. The number of carbonyl (C=O) groups is 1. The second-order valence-electron chi connectivity index (χ2n) is 6.33. The van der Waals surface area contributed by atoms with Crippen LogP contribution in [0.5, 0.6) is 0 Å². The van der Waals surface area contributed by atoms with Crippen LogP contribution in [0.25, 0.3) is 0 Å². The van der Waals surface area contributed by atoms with Gasteiger partial charge in [-0.25, -0.2) is 0 Å². The third-order valence-corrected chi connectivity index (χ3v) is 2.33. The van der Waals surface area contributed by atoms with Gasteiger partial charge >= 0.3 is 0 Å². The first-order chi connectivity index (χ1) is 7.68. The monoisotopic (exact) mass is 240 g/mol. The minimum atomic E-state index is -0.192. The van der Waals surface area contributed by atoms with E-state index in [2.05, 4.69) is 34.8 Å². The Labute approximate surface area is 103 Å². The molecule has 0 atom stereocenters. The zero-order chi connectivity index (χ0) is 13.1. The lowest BCUT2D eigenvalue weighted by molar-refractivity contribution is -0.121. The first kappa shape index (κ1) is 13.8. The Morgan fingerprint density at radius 1 is 1.47 bits per heavy atom. The lowest BCUT2D eigenvalue weighted by Gasteiger charge is -2.29. The summed E-state index contributed by atoms with van der Waals surface area (Å²) in [6.45, 7) is 12.1. The van der Waals surface area contributed by atoms with Crippen LogP contribution in [0.15, 0.2) is 4.99 Å². The van der Waals surface area contributed by atoms with Crippen LogP contribution in [0.2, 0.25) is 0 Å². The Kier molecular flexibility index (Phi) is 4.01. The summed E-state index contributed by atoms with van der Waals surface area (Å²) in [5.74, 6) is 0.695. The summed E-state index contributed by atoms with van der Waals surface area (Å²) in [4.78, 5) is 15.9. The van der Waals surface area contributed by atoms with Crippen LogP contribution in [0.4, 0.5) is 0 Å². The van der Waals surface area contributed by atoms with Crippen molar-refractivity contribution in [2.45, 2.75) is 40.2 Å². The molecule has 3 N–H and O–H groups in total. The zero-order valence-electron chi connectivity index (χ0n) is 11.5. The van der Waals surface area contributed by atoms with E-state index in [0.29, 0.717) is 5.96 Å². The smallest absolute Gasteiger partial charge is 0.239 e. The molecule has 5 heteroatoms. The van der Waals surface area contributed by atoms with E-state index in [1.165, 1.54) is 0 Å². The summed E-state index contributed by atoms with van der Waals surface area (Å²) in [7, 11) is 0.